The average molecular weight is 399 g/mol. The van der Waals surface area contributed by atoms with Gasteiger partial charge in [0.05, 0.1) is 0 Å². The van der Waals surface area contributed by atoms with Gasteiger partial charge in [-0.15, -0.1) is 0 Å². The van der Waals surface area contributed by atoms with Crippen molar-refractivity contribution >= 4 is 33.4 Å². The quantitative estimate of drug-likeness (QED) is 0.256. The van der Waals surface area contributed by atoms with Crippen molar-refractivity contribution in [3.8, 4) is 0 Å². The summed E-state index contributed by atoms with van der Waals surface area (Å²) in [5.74, 6) is 0.0728. The molecule has 0 saturated carbocycles. The minimum Gasteiger partial charge on any atom is -0.289 e. The van der Waals surface area contributed by atoms with Gasteiger partial charge in [0.15, 0.2) is 5.78 Å². The van der Waals surface area contributed by atoms with Crippen LogP contribution in [0.2, 0.25) is 0 Å². The van der Waals surface area contributed by atoms with Crippen molar-refractivity contribution in [1.82, 2.24) is 0 Å². The summed E-state index contributed by atoms with van der Waals surface area (Å²) in [4.78, 5) is 13.3. The van der Waals surface area contributed by atoms with Gasteiger partial charge < -0.3 is 0 Å². The van der Waals surface area contributed by atoms with Crippen molar-refractivity contribution in [2.24, 2.45) is 5.41 Å². The number of hydrogen-bond acceptors (Lipinski definition) is 1. The predicted octanol–water partition coefficient (Wildman–Crippen LogP) is 7.30. The molecule has 0 N–H and O–H groups in total. The summed E-state index contributed by atoms with van der Waals surface area (Å²) < 4.78 is 0. The van der Waals surface area contributed by atoms with Gasteiger partial charge in [-0.25, -0.2) is 0 Å². The number of allylic oxidation sites excluding steroid dienone is 5. The van der Waals surface area contributed by atoms with Gasteiger partial charge in [-0.3, -0.25) is 4.79 Å². The summed E-state index contributed by atoms with van der Waals surface area (Å²) in [6.45, 7) is 2.28. The highest BCUT2D eigenvalue weighted by atomic mass is 16.1. The fourth-order valence-electron chi connectivity index (χ4n) is 4.93. The number of benzene rings is 4. The first kappa shape index (κ1) is 18.1. The van der Waals surface area contributed by atoms with E-state index in [1.54, 1.807) is 0 Å². The lowest BCUT2D eigenvalue weighted by Crippen LogP contribution is -2.24. The van der Waals surface area contributed by atoms with Gasteiger partial charge in [-0.1, -0.05) is 85.8 Å². The van der Waals surface area contributed by atoms with Crippen molar-refractivity contribution in [3.63, 3.8) is 0 Å². The third-order valence-electron chi connectivity index (χ3n) is 6.75. The number of carbonyl (C=O) groups is 1. The number of fused-ring (bicyclic) bond motifs is 4. The van der Waals surface area contributed by atoms with E-state index < -0.39 is 0 Å². The van der Waals surface area contributed by atoms with E-state index in [4.69, 9.17) is 0 Å². The molecule has 4 aromatic rings. The number of hydrogen-bond donors (Lipinski definition) is 0. The summed E-state index contributed by atoms with van der Waals surface area (Å²) in [5.41, 5.74) is 5.29. The molecule has 4 aromatic carbocycles. The Balaban J connectivity index is 1.40. The van der Waals surface area contributed by atoms with Crippen molar-refractivity contribution in [1.29, 1.82) is 0 Å². The molecular weight excluding hydrogens is 376 g/mol. The highest BCUT2D eigenvalue weighted by Gasteiger charge is 2.30. The van der Waals surface area contributed by atoms with E-state index in [0.717, 1.165) is 33.9 Å². The molecule has 1 unspecified atom stereocenters. The Hall–Kier alpha value is -3.71. The molecule has 148 valence electrons. The van der Waals surface area contributed by atoms with Crippen molar-refractivity contribution < 1.29 is 4.79 Å². The number of rotatable bonds is 2. The minimum absolute atomic E-state index is 0.0500. The molecular formula is C30H22O. The van der Waals surface area contributed by atoms with Crippen LogP contribution in [0.25, 0.3) is 27.6 Å². The van der Waals surface area contributed by atoms with E-state index in [-0.39, 0.29) is 11.2 Å². The van der Waals surface area contributed by atoms with Crippen LogP contribution in [-0.4, -0.2) is 5.78 Å². The third kappa shape index (κ3) is 2.97. The second-order valence-electron chi connectivity index (χ2n) is 8.92. The van der Waals surface area contributed by atoms with Crippen LogP contribution in [0, 0.1) is 5.41 Å². The van der Waals surface area contributed by atoms with E-state index in [1.807, 2.05) is 24.3 Å². The Morgan fingerprint density at radius 1 is 0.774 bits per heavy atom. The SMILES string of the molecule is CC12C=CC=CC1=Cc1cc(C(=O)c3ccc4cc5ccccc5cc4c3)ccc1C2. The second-order valence-corrected chi connectivity index (χ2v) is 8.92. The summed E-state index contributed by atoms with van der Waals surface area (Å²) in [6, 6.07) is 24.9. The largest absolute Gasteiger partial charge is 0.289 e. The van der Waals surface area contributed by atoms with Crippen LogP contribution in [0.4, 0.5) is 0 Å². The highest BCUT2D eigenvalue weighted by Crippen LogP contribution is 2.42. The lowest BCUT2D eigenvalue weighted by atomic mass is 9.70. The van der Waals surface area contributed by atoms with Gasteiger partial charge in [0.2, 0.25) is 0 Å². The van der Waals surface area contributed by atoms with Crippen molar-refractivity contribution in [2.75, 3.05) is 0 Å². The Labute approximate surface area is 182 Å². The molecule has 0 saturated heterocycles. The molecule has 0 aromatic heterocycles. The molecule has 1 atom stereocenters. The monoisotopic (exact) mass is 398 g/mol. The molecule has 0 spiro atoms. The Morgan fingerprint density at radius 3 is 2.32 bits per heavy atom. The standard InChI is InChI=1S/C30H22O/c1-30-13-5-4-8-28(30)18-27-17-24(11-12-25(27)19-30)29(31)23-10-9-22-14-20-6-2-3-7-21(20)15-26(22)16-23/h2-18H,19H2,1H3. The van der Waals surface area contributed by atoms with E-state index in [0.29, 0.717) is 0 Å². The summed E-state index contributed by atoms with van der Waals surface area (Å²) in [7, 11) is 0. The topological polar surface area (TPSA) is 17.1 Å². The first-order valence-electron chi connectivity index (χ1n) is 10.8. The van der Waals surface area contributed by atoms with E-state index >= 15 is 0 Å². The molecule has 1 nitrogen and oxygen atoms in total. The Kier molecular flexibility index (Phi) is 3.88. The van der Waals surface area contributed by atoms with Crippen LogP contribution < -0.4 is 0 Å². The zero-order valence-corrected chi connectivity index (χ0v) is 17.4. The van der Waals surface area contributed by atoms with Crippen molar-refractivity contribution in [2.45, 2.75) is 13.3 Å². The molecule has 0 radical (unpaired) electrons. The summed E-state index contributed by atoms with van der Waals surface area (Å²) in [5, 5.41) is 4.66. The maximum atomic E-state index is 13.3. The van der Waals surface area contributed by atoms with Crippen LogP contribution in [0.15, 0.2) is 103 Å². The molecule has 2 aliphatic carbocycles. The molecule has 2 aliphatic rings. The zero-order chi connectivity index (χ0) is 21.0. The molecule has 0 heterocycles. The maximum Gasteiger partial charge on any atom is 0.193 e. The van der Waals surface area contributed by atoms with Gasteiger partial charge >= 0.3 is 0 Å². The third-order valence-corrected chi connectivity index (χ3v) is 6.75. The molecule has 1 heteroatoms. The van der Waals surface area contributed by atoms with Crippen LogP contribution in [0.3, 0.4) is 0 Å². The fraction of sp³-hybridized carbons (Fsp3) is 0.100. The van der Waals surface area contributed by atoms with E-state index in [9.17, 15) is 4.79 Å². The van der Waals surface area contributed by atoms with Crippen molar-refractivity contribution in [3.05, 3.63) is 125 Å². The first-order chi connectivity index (χ1) is 15.1. The molecule has 0 aliphatic heterocycles. The normalized spacial score (nSPS) is 19.2. The van der Waals surface area contributed by atoms with Gasteiger partial charge in [0.1, 0.15) is 0 Å². The maximum absolute atomic E-state index is 13.3. The molecule has 0 bridgehead atoms. The van der Waals surface area contributed by atoms with Crippen LogP contribution in [-0.2, 0) is 6.42 Å². The summed E-state index contributed by atoms with van der Waals surface area (Å²) >= 11 is 0. The van der Waals surface area contributed by atoms with Crippen LogP contribution in [0.5, 0.6) is 0 Å². The first-order valence-corrected chi connectivity index (χ1v) is 10.8. The molecule has 31 heavy (non-hydrogen) atoms. The molecule has 0 fully saturated rings. The average Bonchev–Trinajstić information content (AvgIpc) is 2.80. The lowest BCUT2D eigenvalue weighted by Gasteiger charge is -2.34. The zero-order valence-electron chi connectivity index (χ0n) is 17.4. The van der Waals surface area contributed by atoms with Gasteiger partial charge in [-0.05, 0) is 68.9 Å². The van der Waals surface area contributed by atoms with E-state index in [1.165, 1.54) is 21.9 Å². The van der Waals surface area contributed by atoms with E-state index in [2.05, 4.69) is 85.8 Å². The smallest absolute Gasteiger partial charge is 0.193 e. The van der Waals surface area contributed by atoms with Gasteiger partial charge in [0.25, 0.3) is 0 Å². The molecule has 6 rings (SSSR count). The van der Waals surface area contributed by atoms with Gasteiger partial charge in [-0.2, -0.15) is 0 Å². The molecule has 0 amide bonds. The lowest BCUT2D eigenvalue weighted by molar-refractivity contribution is 0.103. The summed E-state index contributed by atoms with van der Waals surface area (Å²) in [6.07, 6.45) is 11.9. The number of ketones is 1. The predicted molar refractivity (Wildman–Crippen MR) is 129 cm³/mol. The fourth-order valence-corrected chi connectivity index (χ4v) is 4.93. The Morgan fingerprint density at radius 2 is 1.48 bits per heavy atom. The highest BCUT2D eigenvalue weighted by molar-refractivity contribution is 6.11. The minimum atomic E-state index is 0.0500. The van der Waals surface area contributed by atoms with Gasteiger partial charge in [0, 0.05) is 16.5 Å². The number of carbonyl (C=O) groups excluding carboxylic acids is 1. The van der Waals surface area contributed by atoms with Crippen LogP contribution in [0.1, 0.15) is 34.0 Å². The van der Waals surface area contributed by atoms with Crippen LogP contribution >= 0.6 is 0 Å². The second kappa shape index (κ2) is 6.65. The Bertz CT molecular complexity index is 1480.